The van der Waals surface area contributed by atoms with E-state index in [1.807, 2.05) is 0 Å². The van der Waals surface area contributed by atoms with Crippen molar-refractivity contribution in [3.05, 3.63) is 12.6 Å². The summed E-state index contributed by atoms with van der Waals surface area (Å²) in [5, 5.41) is 0. The fourth-order valence-corrected chi connectivity index (χ4v) is 0. The van der Waals surface area contributed by atoms with Crippen molar-refractivity contribution in [1.82, 2.24) is 0 Å². The number of rotatable bonds is 1. The number of hydrogen-bond acceptors (Lipinski definition) is 0. The van der Waals surface area contributed by atoms with Gasteiger partial charge in [-0.2, -0.15) is 0 Å². The largest absolute Gasteiger partial charge is 0.102 e. The molecule has 0 fully saturated rings. The van der Waals surface area contributed by atoms with Gasteiger partial charge < -0.3 is 0 Å². The molecule has 0 aliphatic heterocycles. The molecule has 0 saturated carbocycles. The molecule has 24 valence electrons. The number of halogens is 1. The molecule has 0 N–H and O–H groups in total. The van der Waals surface area contributed by atoms with Crippen LogP contribution in [0.2, 0.25) is 0 Å². The van der Waals surface area contributed by atoms with Crippen LogP contribution in [0, 0.1) is 0 Å². The van der Waals surface area contributed by atoms with Crippen molar-refractivity contribution in [2.45, 2.75) is 0 Å². The SMILES string of the molecule is [2H]C(=C)CI. The zero-order valence-electron chi connectivity index (χ0n) is 3.29. The van der Waals surface area contributed by atoms with Crippen molar-refractivity contribution >= 4 is 22.6 Å². The normalized spacial score (nSPS) is 9.75. The summed E-state index contributed by atoms with van der Waals surface area (Å²) in [6, 6.07) is 0.491. The highest BCUT2D eigenvalue weighted by Crippen LogP contribution is 1.75. The fourth-order valence-electron chi connectivity index (χ4n) is 0. The van der Waals surface area contributed by atoms with Crippen LogP contribution in [0.5, 0.6) is 0 Å². The minimum absolute atomic E-state index is 0.491. The zero-order chi connectivity index (χ0) is 4.28. The first-order valence-corrected chi connectivity index (χ1v) is 2.50. The van der Waals surface area contributed by atoms with E-state index >= 15 is 0 Å². The summed E-state index contributed by atoms with van der Waals surface area (Å²) >= 11 is 2.09. The Morgan fingerprint density at radius 3 is 2.75 bits per heavy atom. The summed E-state index contributed by atoms with van der Waals surface area (Å²) in [5.74, 6) is 0. The van der Waals surface area contributed by atoms with E-state index in [9.17, 15) is 0 Å². The van der Waals surface area contributed by atoms with Crippen LogP contribution in [0.3, 0.4) is 0 Å². The zero-order valence-corrected chi connectivity index (χ0v) is 4.45. The Bertz CT molecular complexity index is 42.2. The smallest absolute Gasteiger partial charge is 0.0578 e. The molecule has 0 atom stereocenters. The van der Waals surface area contributed by atoms with Crippen LogP contribution in [0.1, 0.15) is 1.37 Å². The third-order valence-electron chi connectivity index (χ3n) is 0.0945. The predicted molar refractivity (Wildman–Crippen MR) is 29.1 cm³/mol. The van der Waals surface area contributed by atoms with Gasteiger partial charge in [-0.05, 0) is 0 Å². The summed E-state index contributed by atoms with van der Waals surface area (Å²) < 4.78 is 7.37. The highest BCUT2D eigenvalue weighted by atomic mass is 127. The van der Waals surface area contributed by atoms with Gasteiger partial charge in [-0.1, -0.05) is 28.6 Å². The van der Waals surface area contributed by atoms with Crippen molar-refractivity contribution < 1.29 is 1.37 Å². The maximum Gasteiger partial charge on any atom is 0.0578 e. The van der Waals surface area contributed by atoms with Gasteiger partial charge in [0.1, 0.15) is 0 Å². The standard InChI is InChI=1S/C3H5I/c1-2-3-4/h2H,1,3H2/i2D. The summed E-state index contributed by atoms with van der Waals surface area (Å²) in [6.07, 6.45) is 0. The molecule has 0 spiro atoms. The topological polar surface area (TPSA) is 0 Å². The van der Waals surface area contributed by atoms with Crippen LogP contribution in [0.15, 0.2) is 12.6 Å². The van der Waals surface area contributed by atoms with Crippen molar-refractivity contribution in [2.75, 3.05) is 4.43 Å². The number of hydrogen-bond donors (Lipinski definition) is 0. The Labute approximate surface area is 41.4 Å². The van der Waals surface area contributed by atoms with Crippen LogP contribution in [0.4, 0.5) is 0 Å². The Balaban J connectivity index is 2.85. The second-order valence-electron chi connectivity index (χ2n) is 0.384. The summed E-state index contributed by atoms with van der Waals surface area (Å²) in [6.45, 7) is 3.33. The molecule has 0 aliphatic rings. The van der Waals surface area contributed by atoms with Gasteiger partial charge >= 0.3 is 0 Å². The monoisotopic (exact) mass is 169 g/mol. The van der Waals surface area contributed by atoms with Gasteiger partial charge in [0.15, 0.2) is 0 Å². The maximum atomic E-state index is 6.62. The molecule has 0 unspecified atom stereocenters. The minimum Gasteiger partial charge on any atom is -0.102 e. The predicted octanol–water partition coefficient (Wildman–Crippen LogP) is 1.61. The first-order chi connectivity index (χ1) is 2.27. The Hall–Kier alpha value is 0.470. The van der Waals surface area contributed by atoms with Crippen molar-refractivity contribution in [3.8, 4) is 0 Å². The summed E-state index contributed by atoms with van der Waals surface area (Å²) in [5.41, 5.74) is 0. The molecule has 0 rings (SSSR count). The number of allylic oxidation sites excluding steroid dienone is 1. The lowest BCUT2D eigenvalue weighted by atomic mass is 10.8. The molecule has 0 heterocycles. The third kappa shape index (κ3) is 2.47. The fraction of sp³-hybridized carbons (Fsp3) is 0.333. The molecule has 0 nitrogen and oxygen atoms in total. The van der Waals surface area contributed by atoms with Crippen LogP contribution in [-0.2, 0) is 0 Å². The van der Waals surface area contributed by atoms with Gasteiger partial charge in [-0.15, -0.1) is 6.58 Å². The van der Waals surface area contributed by atoms with Gasteiger partial charge in [-0.3, -0.25) is 0 Å². The van der Waals surface area contributed by atoms with Gasteiger partial charge in [0.05, 0.1) is 1.37 Å². The Morgan fingerprint density at radius 2 is 2.75 bits per heavy atom. The summed E-state index contributed by atoms with van der Waals surface area (Å²) in [4.78, 5) is 0. The van der Waals surface area contributed by atoms with Crippen molar-refractivity contribution in [2.24, 2.45) is 0 Å². The van der Waals surface area contributed by atoms with Crippen LogP contribution < -0.4 is 0 Å². The molecule has 4 heavy (non-hydrogen) atoms. The molecule has 0 aliphatic carbocycles. The highest BCUT2D eigenvalue weighted by molar-refractivity contribution is 14.1. The molecule has 0 aromatic rings. The Morgan fingerprint density at radius 1 is 2.50 bits per heavy atom. The van der Waals surface area contributed by atoms with E-state index in [-0.39, 0.29) is 0 Å². The van der Waals surface area contributed by atoms with Gasteiger partial charge in [0.2, 0.25) is 0 Å². The lowest BCUT2D eigenvalue weighted by Gasteiger charge is -1.55. The van der Waals surface area contributed by atoms with Crippen molar-refractivity contribution in [3.63, 3.8) is 0 Å². The molecule has 0 amide bonds. The first-order valence-electron chi connectivity index (χ1n) is 1.47. The molecular weight excluding hydrogens is 163 g/mol. The van der Waals surface area contributed by atoms with Crippen molar-refractivity contribution in [1.29, 1.82) is 0 Å². The lowest BCUT2D eigenvalue weighted by Crippen LogP contribution is -1.43. The van der Waals surface area contributed by atoms with Crippen LogP contribution in [-0.4, -0.2) is 4.43 Å². The van der Waals surface area contributed by atoms with Crippen LogP contribution in [0.25, 0.3) is 0 Å². The molecule has 1 heteroatoms. The highest BCUT2D eigenvalue weighted by Gasteiger charge is 1.47. The van der Waals surface area contributed by atoms with Gasteiger partial charge in [0.25, 0.3) is 0 Å². The molecule has 0 aromatic carbocycles. The van der Waals surface area contributed by atoms with Gasteiger partial charge in [0, 0.05) is 4.43 Å². The van der Waals surface area contributed by atoms with E-state index < -0.39 is 0 Å². The molecule has 0 radical (unpaired) electrons. The molecule has 0 saturated heterocycles. The molecule has 0 bridgehead atoms. The maximum absolute atomic E-state index is 6.62. The summed E-state index contributed by atoms with van der Waals surface area (Å²) in [7, 11) is 0. The van der Waals surface area contributed by atoms with E-state index in [1.165, 1.54) is 0 Å². The first kappa shape index (κ1) is 2.69. The van der Waals surface area contributed by atoms with Crippen LogP contribution >= 0.6 is 22.6 Å². The van der Waals surface area contributed by atoms with E-state index in [1.54, 1.807) is 0 Å². The quantitative estimate of drug-likeness (QED) is 0.317. The van der Waals surface area contributed by atoms with E-state index in [0.29, 0.717) is 6.05 Å². The Kier molecular flexibility index (Phi) is 2.34. The van der Waals surface area contributed by atoms with Gasteiger partial charge in [-0.25, -0.2) is 0 Å². The van der Waals surface area contributed by atoms with E-state index in [4.69, 9.17) is 1.37 Å². The second-order valence-corrected chi connectivity index (χ2v) is 1.15. The second kappa shape index (κ2) is 3.47. The van der Waals surface area contributed by atoms with E-state index in [2.05, 4.69) is 29.2 Å². The third-order valence-corrected chi connectivity index (χ3v) is 0.634. The molecular formula is C3H5I. The minimum atomic E-state index is 0.491. The lowest BCUT2D eigenvalue weighted by molar-refractivity contribution is 1.90. The number of alkyl halides is 1. The average molecular weight is 169 g/mol. The molecule has 0 aromatic heterocycles. The van der Waals surface area contributed by atoms with E-state index in [0.717, 1.165) is 4.43 Å². The average Bonchev–Trinajstić information content (AvgIpc) is 1.38.